The molecule has 0 saturated carbocycles. The number of carboxylic acids is 1. The van der Waals surface area contributed by atoms with E-state index >= 15 is 0 Å². The Kier molecular flexibility index (Phi) is 7.94. The van der Waals surface area contributed by atoms with Crippen LogP contribution in [0.3, 0.4) is 0 Å². The summed E-state index contributed by atoms with van der Waals surface area (Å²) in [5.41, 5.74) is -0.645. The predicted octanol–water partition coefficient (Wildman–Crippen LogP) is 4.84. The van der Waals surface area contributed by atoms with Crippen molar-refractivity contribution in [1.82, 2.24) is 9.88 Å². The largest absolute Gasteiger partial charge is 0.573 e. The van der Waals surface area contributed by atoms with Gasteiger partial charge in [0.05, 0.1) is 35.2 Å². The monoisotopic (exact) mass is 630 g/mol. The van der Waals surface area contributed by atoms with Crippen molar-refractivity contribution in [3.05, 3.63) is 66.4 Å². The molecular formula is C27H24F6N4O5S. The molecule has 0 spiro atoms. The number of benzene rings is 2. The minimum absolute atomic E-state index is 0.0345. The van der Waals surface area contributed by atoms with E-state index in [0.717, 1.165) is 34.6 Å². The van der Waals surface area contributed by atoms with Crippen molar-refractivity contribution in [1.29, 1.82) is 0 Å². The Balaban J connectivity index is 1.58. The van der Waals surface area contributed by atoms with Crippen molar-refractivity contribution in [3.63, 3.8) is 0 Å². The Bertz CT molecular complexity index is 1630. The van der Waals surface area contributed by atoms with Gasteiger partial charge in [-0.25, -0.2) is 13.4 Å². The average molecular weight is 631 g/mol. The number of sulfonamides is 1. The summed E-state index contributed by atoms with van der Waals surface area (Å²) >= 11 is 0. The van der Waals surface area contributed by atoms with Gasteiger partial charge in [0.15, 0.2) is 5.82 Å². The lowest BCUT2D eigenvalue weighted by atomic mass is 10.0. The molecule has 0 amide bonds. The van der Waals surface area contributed by atoms with Gasteiger partial charge in [-0.3, -0.25) is 14.0 Å². The van der Waals surface area contributed by atoms with Gasteiger partial charge in [0.2, 0.25) is 0 Å². The van der Waals surface area contributed by atoms with Crippen LogP contribution in [0.4, 0.5) is 37.8 Å². The minimum atomic E-state index is -4.94. The maximum absolute atomic E-state index is 13.9. The van der Waals surface area contributed by atoms with E-state index in [-0.39, 0.29) is 48.7 Å². The third kappa shape index (κ3) is 6.64. The van der Waals surface area contributed by atoms with Crippen LogP contribution in [-0.4, -0.2) is 74.5 Å². The zero-order valence-electron chi connectivity index (χ0n) is 22.1. The molecule has 43 heavy (non-hydrogen) atoms. The van der Waals surface area contributed by atoms with Crippen molar-refractivity contribution in [2.24, 2.45) is 0 Å². The van der Waals surface area contributed by atoms with E-state index < -0.39 is 50.8 Å². The van der Waals surface area contributed by atoms with Gasteiger partial charge in [0.1, 0.15) is 5.75 Å². The van der Waals surface area contributed by atoms with E-state index in [0.29, 0.717) is 19.2 Å². The topological polar surface area (TPSA) is 103 Å². The van der Waals surface area contributed by atoms with E-state index in [1.165, 1.54) is 24.4 Å². The minimum Gasteiger partial charge on any atom is -0.481 e. The predicted molar refractivity (Wildman–Crippen MR) is 142 cm³/mol. The number of nitrogens with zero attached hydrogens (tertiary/aromatic N) is 4. The number of carbonyl (C=O) groups is 1. The number of hydrogen-bond donors (Lipinski definition) is 1. The third-order valence-corrected chi connectivity index (χ3v) is 8.90. The number of aliphatic carboxylic acids is 1. The first kappa shape index (κ1) is 30.4. The van der Waals surface area contributed by atoms with Crippen molar-refractivity contribution in [3.8, 4) is 16.9 Å². The van der Waals surface area contributed by atoms with E-state index in [2.05, 4.69) is 9.72 Å². The highest BCUT2D eigenvalue weighted by Crippen LogP contribution is 2.41. The van der Waals surface area contributed by atoms with Crippen LogP contribution < -0.4 is 13.9 Å². The van der Waals surface area contributed by atoms with Crippen LogP contribution in [0.2, 0.25) is 0 Å². The molecule has 5 rings (SSSR count). The number of piperazine rings is 1. The summed E-state index contributed by atoms with van der Waals surface area (Å²) in [6.07, 6.45) is -8.51. The SMILES string of the molecule is O=C(O)CCN1CCN2c3ncc(-c4cccc(OC(F)(F)F)c4)cc3N(S(=O)(=O)c3cccc(C(F)(F)F)c3)C[C@@H]2C1. The van der Waals surface area contributed by atoms with Gasteiger partial charge in [-0.05, 0) is 42.0 Å². The first-order chi connectivity index (χ1) is 20.1. The highest BCUT2D eigenvalue weighted by atomic mass is 32.2. The summed E-state index contributed by atoms with van der Waals surface area (Å²) < 4.78 is 112. The molecule has 1 aromatic heterocycles. The van der Waals surface area contributed by atoms with Gasteiger partial charge in [-0.2, -0.15) is 13.2 Å². The molecule has 1 N–H and O–H groups in total. The molecule has 9 nitrogen and oxygen atoms in total. The number of aromatic nitrogens is 1. The van der Waals surface area contributed by atoms with Gasteiger partial charge in [-0.15, -0.1) is 13.2 Å². The third-order valence-electron chi connectivity index (χ3n) is 7.12. The first-order valence-electron chi connectivity index (χ1n) is 12.9. The van der Waals surface area contributed by atoms with Crippen molar-refractivity contribution < 1.29 is 49.4 Å². The summed E-state index contributed by atoms with van der Waals surface area (Å²) in [6, 6.07) is 9.22. The van der Waals surface area contributed by atoms with Crippen LogP contribution in [0.1, 0.15) is 12.0 Å². The maximum atomic E-state index is 13.9. The quantitative estimate of drug-likeness (QED) is 0.370. The highest BCUT2D eigenvalue weighted by Gasteiger charge is 2.42. The fourth-order valence-electron chi connectivity index (χ4n) is 5.17. The normalized spacial score (nSPS) is 17.8. The summed E-state index contributed by atoms with van der Waals surface area (Å²) in [6.45, 7) is 1.09. The maximum Gasteiger partial charge on any atom is 0.573 e. The Morgan fingerprint density at radius 1 is 0.977 bits per heavy atom. The van der Waals surface area contributed by atoms with Crippen LogP contribution in [0.15, 0.2) is 65.7 Å². The molecule has 1 saturated heterocycles. The van der Waals surface area contributed by atoms with Crippen LogP contribution in [-0.2, 0) is 21.0 Å². The molecule has 0 bridgehead atoms. The lowest BCUT2D eigenvalue weighted by molar-refractivity contribution is -0.274. The molecule has 2 aliphatic rings. The Hall–Kier alpha value is -4.05. The van der Waals surface area contributed by atoms with Gasteiger partial charge < -0.3 is 14.7 Å². The van der Waals surface area contributed by atoms with Crippen LogP contribution in [0, 0.1) is 0 Å². The first-order valence-corrected chi connectivity index (χ1v) is 14.3. The zero-order valence-corrected chi connectivity index (χ0v) is 23.0. The van der Waals surface area contributed by atoms with Crippen LogP contribution in [0.5, 0.6) is 5.75 Å². The molecule has 2 aliphatic heterocycles. The fourth-order valence-corrected chi connectivity index (χ4v) is 6.71. The lowest BCUT2D eigenvalue weighted by Gasteiger charge is -2.48. The second-order valence-electron chi connectivity index (χ2n) is 10.00. The second-order valence-corrected chi connectivity index (χ2v) is 11.9. The molecule has 230 valence electrons. The number of pyridine rings is 1. The molecule has 1 atom stereocenters. The molecule has 1 fully saturated rings. The number of alkyl halides is 6. The second kappa shape index (κ2) is 11.2. The van der Waals surface area contributed by atoms with Crippen molar-refractivity contribution in [2.45, 2.75) is 29.9 Å². The number of carboxylic acid groups (broad SMARTS) is 1. The Labute approximate surface area is 242 Å². The molecule has 0 aliphatic carbocycles. The molecular weight excluding hydrogens is 606 g/mol. The van der Waals surface area contributed by atoms with Gasteiger partial charge >= 0.3 is 18.5 Å². The van der Waals surface area contributed by atoms with E-state index in [1.54, 1.807) is 0 Å². The zero-order chi connectivity index (χ0) is 31.2. The molecule has 0 radical (unpaired) electrons. The van der Waals surface area contributed by atoms with Gasteiger partial charge in [0, 0.05) is 37.9 Å². The fraction of sp³-hybridized carbons (Fsp3) is 0.333. The number of hydrogen-bond acceptors (Lipinski definition) is 7. The molecule has 16 heteroatoms. The molecule has 2 aromatic carbocycles. The van der Waals surface area contributed by atoms with E-state index in [4.69, 9.17) is 5.11 Å². The van der Waals surface area contributed by atoms with E-state index in [9.17, 15) is 39.6 Å². The average Bonchev–Trinajstić information content (AvgIpc) is 2.94. The summed E-state index contributed by atoms with van der Waals surface area (Å²) in [4.78, 5) is 18.6. The lowest BCUT2D eigenvalue weighted by Crippen LogP contribution is -2.61. The van der Waals surface area contributed by atoms with Crippen molar-refractivity contribution in [2.75, 3.05) is 41.9 Å². The Morgan fingerprint density at radius 2 is 1.72 bits per heavy atom. The molecule has 3 heterocycles. The smallest absolute Gasteiger partial charge is 0.481 e. The number of fused-ring (bicyclic) bond motifs is 3. The number of rotatable bonds is 7. The highest BCUT2D eigenvalue weighted by molar-refractivity contribution is 7.92. The summed E-state index contributed by atoms with van der Waals surface area (Å²) in [7, 11) is -4.60. The number of halogens is 6. The van der Waals surface area contributed by atoms with E-state index in [1.807, 2.05) is 9.80 Å². The van der Waals surface area contributed by atoms with Gasteiger partial charge in [-0.1, -0.05) is 18.2 Å². The Morgan fingerprint density at radius 3 is 2.42 bits per heavy atom. The number of ether oxygens (including phenoxy) is 1. The molecule has 3 aromatic rings. The van der Waals surface area contributed by atoms with Crippen LogP contribution in [0.25, 0.3) is 11.1 Å². The summed E-state index contributed by atoms with van der Waals surface area (Å²) in [5.74, 6) is -1.28. The summed E-state index contributed by atoms with van der Waals surface area (Å²) in [5, 5.41) is 9.08. The van der Waals surface area contributed by atoms with Gasteiger partial charge in [0.25, 0.3) is 10.0 Å². The van der Waals surface area contributed by atoms with Crippen molar-refractivity contribution >= 4 is 27.5 Å². The van der Waals surface area contributed by atoms with Crippen LogP contribution >= 0.6 is 0 Å². The molecule has 0 unspecified atom stereocenters. The number of anilines is 2. The standard InChI is InChI=1S/C27H24F6N4O5S/c28-26(29,30)19-4-2-6-22(13-19)43(40,41)37-16-20-15-35(8-7-24(38)39)9-10-36(20)25-23(37)12-18(14-34-25)17-3-1-5-21(11-17)42-27(31,32)33/h1-6,11-14,20H,7-10,15-16H2,(H,38,39)/t20-/m0/s1.